The van der Waals surface area contributed by atoms with Crippen molar-refractivity contribution in [3.8, 4) is 0 Å². The number of ether oxygens (including phenoxy) is 2. The van der Waals surface area contributed by atoms with Crippen LogP contribution in [0.3, 0.4) is 0 Å². The summed E-state index contributed by atoms with van der Waals surface area (Å²) >= 11 is 0. The number of aliphatic hydroxyl groups is 2. The van der Waals surface area contributed by atoms with E-state index in [2.05, 4.69) is 0 Å². The van der Waals surface area contributed by atoms with Crippen molar-refractivity contribution in [2.75, 3.05) is 6.61 Å². The summed E-state index contributed by atoms with van der Waals surface area (Å²) in [6.45, 7) is 7.00. The van der Waals surface area contributed by atoms with Crippen LogP contribution in [0.1, 0.15) is 66.2 Å². The maximum Gasteiger partial charge on any atom is 0.344 e. The molecule has 6 nitrogen and oxygen atoms in total. The number of hydrogen-bond donors (Lipinski definition) is 2. The highest BCUT2D eigenvalue weighted by Crippen LogP contribution is 2.60. The zero-order valence-corrected chi connectivity index (χ0v) is 15.6. The smallest absolute Gasteiger partial charge is 0.344 e. The molecule has 4 fully saturated rings. The van der Waals surface area contributed by atoms with Gasteiger partial charge < -0.3 is 19.7 Å². The number of hydrogen-bond acceptors (Lipinski definition) is 6. The van der Waals surface area contributed by atoms with Gasteiger partial charge in [-0.3, -0.25) is 4.79 Å². The molecule has 0 radical (unpaired) electrons. The minimum absolute atomic E-state index is 0.0858. The molecule has 2 atom stereocenters. The van der Waals surface area contributed by atoms with E-state index < -0.39 is 40.8 Å². The second-order valence-corrected chi connectivity index (χ2v) is 9.57. The summed E-state index contributed by atoms with van der Waals surface area (Å²) in [5, 5.41) is 21.4. The lowest BCUT2D eigenvalue weighted by Crippen LogP contribution is -2.67. The summed E-state index contributed by atoms with van der Waals surface area (Å²) in [6.07, 6.45) is 3.05. The molecular weight excluding hydrogens is 324 g/mol. The lowest BCUT2D eigenvalue weighted by molar-refractivity contribution is -0.262. The van der Waals surface area contributed by atoms with E-state index in [4.69, 9.17) is 9.47 Å². The average Bonchev–Trinajstić information content (AvgIpc) is 2.39. The van der Waals surface area contributed by atoms with Gasteiger partial charge in [0.15, 0.2) is 6.61 Å². The molecule has 0 aromatic heterocycles. The summed E-state index contributed by atoms with van der Waals surface area (Å²) in [6, 6.07) is 0. The third-order valence-electron chi connectivity index (χ3n) is 6.58. The molecule has 4 aliphatic rings. The van der Waals surface area contributed by atoms with E-state index in [9.17, 15) is 19.8 Å². The van der Waals surface area contributed by atoms with Gasteiger partial charge in [-0.1, -0.05) is 13.8 Å². The van der Waals surface area contributed by atoms with Crippen molar-refractivity contribution < 1.29 is 29.3 Å². The monoisotopic (exact) mass is 354 g/mol. The first kappa shape index (κ1) is 18.6. The quantitative estimate of drug-likeness (QED) is 0.733. The van der Waals surface area contributed by atoms with Gasteiger partial charge in [0.05, 0.1) is 16.6 Å². The van der Waals surface area contributed by atoms with Crippen molar-refractivity contribution >= 4 is 11.9 Å². The van der Waals surface area contributed by atoms with E-state index >= 15 is 0 Å². The molecule has 142 valence electrons. The molecule has 0 aromatic rings. The molecule has 0 aromatic carbocycles. The summed E-state index contributed by atoms with van der Waals surface area (Å²) in [5.41, 5.74) is -3.42. The van der Waals surface area contributed by atoms with Crippen molar-refractivity contribution in [1.82, 2.24) is 0 Å². The normalized spacial score (nSPS) is 39.6. The van der Waals surface area contributed by atoms with Gasteiger partial charge in [0.2, 0.25) is 0 Å². The molecule has 25 heavy (non-hydrogen) atoms. The van der Waals surface area contributed by atoms with E-state index in [1.165, 1.54) is 0 Å². The highest BCUT2D eigenvalue weighted by molar-refractivity contribution is 5.80. The van der Waals surface area contributed by atoms with Crippen LogP contribution in [0, 0.1) is 17.3 Å². The predicted octanol–water partition coefficient (Wildman–Crippen LogP) is 1.95. The fraction of sp³-hybridized carbons (Fsp3) is 0.895. The van der Waals surface area contributed by atoms with Gasteiger partial charge in [0.1, 0.15) is 5.60 Å². The minimum Gasteiger partial charge on any atom is -0.456 e. The van der Waals surface area contributed by atoms with E-state index in [1.54, 1.807) is 13.8 Å². The molecule has 0 spiro atoms. The van der Waals surface area contributed by atoms with E-state index in [-0.39, 0.29) is 11.8 Å². The van der Waals surface area contributed by atoms with Crippen LogP contribution in [-0.4, -0.2) is 45.6 Å². The average molecular weight is 354 g/mol. The fourth-order valence-electron chi connectivity index (χ4n) is 5.18. The van der Waals surface area contributed by atoms with Crippen LogP contribution in [0.5, 0.6) is 0 Å². The van der Waals surface area contributed by atoms with E-state index in [0.29, 0.717) is 38.5 Å². The summed E-state index contributed by atoms with van der Waals surface area (Å²) in [4.78, 5) is 24.4. The van der Waals surface area contributed by atoms with Crippen molar-refractivity contribution in [2.24, 2.45) is 17.3 Å². The first-order chi connectivity index (χ1) is 11.4. The Balaban J connectivity index is 1.61. The molecule has 0 amide bonds. The molecule has 2 N–H and O–H groups in total. The molecule has 0 saturated heterocycles. The Bertz CT molecular complexity index is 562. The third kappa shape index (κ3) is 3.43. The van der Waals surface area contributed by atoms with Gasteiger partial charge in [-0.15, -0.1) is 0 Å². The lowest BCUT2D eigenvalue weighted by atomic mass is 9.50. The van der Waals surface area contributed by atoms with Gasteiger partial charge in [-0.2, -0.15) is 0 Å². The lowest BCUT2D eigenvalue weighted by Gasteiger charge is -2.62. The molecule has 0 heterocycles. The van der Waals surface area contributed by atoms with Crippen molar-refractivity contribution in [3.05, 3.63) is 0 Å². The molecule has 6 heteroatoms. The third-order valence-corrected chi connectivity index (χ3v) is 6.58. The number of esters is 2. The van der Waals surface area contributed by atoms with Crippen molar-refractivity contribution in [2.45, 2.75) is 83.0 Å². The summed E-state index contributed by atoms with van der Waals surface area (Å²) in [5.74, 6) is -0.784. The highest BCUT2D eigenvalue weighted by atomic mass is 16.6. The van der Waals surface area contributed by atoms with Gasteiger partial charge in [-0.25, -0.2) is 4.79 Å². The molecular formula is C19H30O6. The molecule has 4 saturated carbocycles. The van der Waals surface area contributed by atoms with Crippen LogP contribution < -0.4 is 0 Å². The van der Waals surface area contributed by atoms with E-state index in [0.717, 1.165) is 0 Å². The molecule has 4 aliphatic carbocycles. The molecule has 4 rings (SSSR count). The second-order valence-electron chi connectivity index (χ2n) is 9.57. The molecule has 0 aliphatic heterocycles. The molecule has 4 bridgehead atoms. The first-order valence-corrected chi connectivity index (χ1v) is 9.21. The number of rotatable bonds is 5. The van der Waals surface area contributed by atoms with Gasteiger partial charge in [0, 0.05) is 19.3 Å². The van der Waals surface area contributed by atoms with Crippen LogP contribution in [0.25, 0.3) is 0 Å². The standard InChI is InChI=1S/C19H30O6/c1-12(2)16(3,4)15(21)24-8-14(20)25-19-7-13-5-17(22,10-19)9-18(23,6-13)11-19/h12-13,22-23H,5-11H2,1-4H3. The largest absolute Gasteiger partial charge is 0.456 e. The Kier molecular flexibility index (Phi) is 4.24. The Morgan fingerprint density at radius 2 is 1.64 bits per heavy atom. The maximum absolute atomic E-state index is 12.3. The van der Waals surface area contributed by atoms with Gasteiger partial charge >= 0.3 is 11.9 Å². The van der Waals surface area contributed by atoms with E-state index in [1.807, 2.05) is 13.8 Å². The summed E-state index contributed by atoms with van der Waals surface area (Å²) < 4.78 is 10.8. The van der Waals surface area contributed by atoms with Crippen molar-refractivity contribution in [1.29, 1.82) is 0 Å². The Labute approximate surface area is 148 Å². The SMILES string of the molecule is CC(C)C(C)(C)C(=O)OCC(=O)OC12CC3CC(O)(CC(O)(C3)C1)C2. The van der Waals surface area contributed by atoms with Gasteiger partial charge in [-0.05, 0) is 44.9 Å². The summed E-state index contributed by atoms with van der Waals surface area (Å²) in [7, 11) is 0. The Hall–Kier alpha value is -1.14. The fourth-order valence-corrected chi connectivity index (χ4v) is 5.18. The Morgan fingerprint density at radius 3 is 2.12 bits per heavy atom. The zero-order chi connectivity index (χ0) is 18.7. The highest BCUT2D eigenvalue weighted by Gasteiger charge is 2.64. The maximum atomic E-state index is 12.3. The number of carbonyl (C=O) groups is 2. The second kappa shape index (κ2) is 5.68. The van der Waals surface area contributed by atoms with Crippen LogP contribution in [0.15, 0.2) is 0 Å². The van der Waals surface area contributed by atoms with Crippen LogP contribution in [-0.2, 0) is 19.1 Å². The molecule has 2 unspecified atom stereocenters. The number of carbonyl (C=O) groups excluding carboxylic acids is 2. The van der Waals surface area contributed by atoms with Crippen LogP contribution >= 0.6 is 0 Å². The predicted molar refractivity (Wildman–Crippen MR) is 89.5 cm³/mol. The Morgan fingerprint density at radius 1 is 1.08 bits per heavy atom. The van der Waals surface area contributed by atoms with Crippen LogP contribution in [0.4, 0.5) is 0 Å². The van der Waals surface area contributed by atoms with Crippen molar-refractivity contribution in [3.63, 3.8) is 0 Å². The van der Waals surface area contributed by atoms with Crippen LogP contribution in [0.2, 0.25) is 0 Å². The minimum atomic E-state index is -0.954. The first-order valence-electron chi connectivity index (χ1n) is 9.21. The topological polar surface area (TPSA) is 93.1 Å². The van der Waals surface area contributed by atoms with Gasteiger partial charge in [0.25, 0.3) is 0 Å². The zero-order valence-electron chi connectivity index (χ0n) is 15.6.